The van der Waals surface area contributed by atoms with Gasteiger partial charge in [0, 0.05) is 12.1 Å². The molecule has 18 heavy (non-hydrogen) atoms. The van der Waals surface area contributed by atoms with Crippen LogP contribution < -0.4 is 11.1 Å². The molecule has 0 fully saturated rings. The molecular weight excluding hydrogens is 293 g/mol. The maximum atomic E-state index is 11.9. The Kier molecular flexibility index (Phi) is 5.19. The summed E-state index contributed by atoms with van der Waals surface area (Å²) < 4.78 is 0. The van der Waals surface area contributed by atoms with E-state index >= 15 is 0 Å². The third kappa shape index (κ3) is 3.73. The zero-order valence-electron chi connectivity index (χ0n) is 9.91. The van der Waals surface area contributed by atoms with Gasteiger partial charge in [0.2, 0.25) is 0 Å². The highest BCUT2D eigenvalue weighted by atomic mass is 35.5. The normalized spacial score (nSPS) is 11.8. The first-order valence-corrected chi connectivity index (χ1v) is 6.27. The molecule has 0 bridgehead atoms. The molecule has 1 aromatic rings. The van der Waals surface area contributed by atoms with Crippen LogP contribution in [0.2, 0.25) is 10.0 Å². The third-order valence-corrected chi connectivity index (χ3v) is 3.39. The number of benzene rings is 1. The highest BCUT2D eigenvalue weighted by Gasteiger charge is 2.18. The van der Waals surface area contributed by atoms with Gasteiger partial charge in [0.05, 0.1) is 21.7 Å². The topological polar surface area (TPSA) is 58.4 Å². The summed E-state index contributed by atoms with van der Waals surface area (Å²) in [6, 6.07) is 4.11. The number of halogens is 2. The fourth-order valence-corrected chi connectivity index (χ4v) is 1.66. The van der Waals surface area contributed by atoms with Gasteiger partial charge < -0.3 is 16.0 Å². The van der Waals surface area contributed by atoms with Crippen LogP contribution in [0.5, 0.6) is 0 Å². The van der Waals surface area contributed by atoms with Crippen LogP contribution >= 0.6 is 35.4 Å². The van der Waals surface area contributed by atoms with Crippen molar-refractivity contribution in [3.63, 3.8) is 0 Å². The van der Waals surface area contributed by atoms with Gasteiger partial charge in [-0.15, -0.1) is 0 Å². The van der Waals surface area contributed by atoms with Crippen LogP contribution in [-0.2, 0) is 0 Å². The standard InChI is InChI=1S/C11H13Cl2N3OS/c1-6(10(14)18)16(2)11(17)15-9-5-7(12)3-4-8(9)13/h3-6H,1-2H3,(H2,14,18)(H,15,17). The number of hydrogen-bond acceptors (Lipinski definition) is 2. The van der Waals surface area contributed by atoms with Gasteiger partial charge in [0.15, 0.2) is 0 Å². The second-order valence-electron chi connectivity index (χ2n) is 3.74. The van der Waals surface area contributed by atoms with E-state index in [0.29, 0.717) is 15.7 Å². The number of amides is 2. The van der Waals surface area contributed by atoms with E-state index in [2.05, 4.69) is 5.32 Å². The summed E-state index contributed by atoms with van der Waals surface area (Å²) in [5.41, 5.74) is 5.93. The van der Waals surface area contributed by atoms with Crippen molar-refractivity contribution < 1.29 is 4.79 Å². The minimum atomic E-state index is -0.362. The smallest absolute Gasteiger partial charge is 0.322 e. The molecule has 1 unspecified atom stereocenters. The Bertz CT molecular complexity index is 481. The summed E-state index contributed by atoms with van der Waals surface area (Å²) in [5, 5.41) is 3.53. The maximum absolute atomic E-state index is 11.9. The van der Waals surface area contributed by atoms with E-state index in [1.165, 1.54) is 4.90 Å². The van der Waals surface area contributed by atoms with Crippen LogP contribution in [-0.4, -0.2) is 29.0 Å². The number of likely N-dealkylation sites (N-methyl/N-ethyl adjacent to an activating group) is 1. The molecule has 2 amide bonds. The summed E-state index contributed by atoms with van der Waals surface area (Å²) in [6.07, 6.45) is 0. The van der Waals surface area contributed by atoms with Crippen molar-refractivity contribution >= 4 is 52.1 Å². The van der Waals surface area contributed by atoms with Gasteiger partial charge in [-0.3, -0.25) is 0 Å². The Morgan fingerprint density at radius 1 is 1.50 bits per heavy atom. The van der Waals surface area contributed by atoms with Gasteiger partial charge in [-0.05, 0) is 25.1 Å². The molecule has 0 saturated heterocycles. The molecule has 0 aliphatic rings. The minimum absolute atomic E-state index is 0.241. The van der Waals surface area contributed by atoms with Crippen LogP contribution in [0.3, 0.4) is 0 Å². The fraction of sp³-hybridized carbons (Fsp3) is 0.273. The van der Waals surface area contributed by atoms with Gasteiger partial charge in [0.1, 0.15) is 0 Å². The lowest BCUT2D eigenvalue weighted by atomic mass is 10.3. The first kappa shape index (κ1) is 15.0. The van der Waals surface area contributed by atoms with Gasteiger partial charge >= 0.3 is 6.03 Å². The average molecular weight is 306 g/mol. The third-order valence-electron chi connectivity index (χ3n) is 2.48. The molecule has 0 saturated carbocycles. The van der Waals surface area contributed by atoms with Crippen LogP contribution in [0.1, 0.15) is 6.92 Å². The molecule has 0 aliphatic heterocycles. The minimum Gasteiger partial charge on any atom is -0.392 e. The lowest BCUT2D eigenvalue weighted by Gasteiger charge is -2.24. The summed E-state index contributed by atoms with van der Waals surface area (Å²) in [6.45, 7) is 1.74. The highest BCUT2D eigenvalue weighted by molar-refractivity contribution is 7.80. The van der Waals surface area contributed by atoms with E-state index < -0.39 is 0 Å². The van der Waals surface area contributed by atoms with Crippen molar-refractivity contribution in [3.8, 4) is 0 Å². The molecule has 0 spiro atoms. The molecule has 1 rings (SSSR count). The quantitative estimate of drug-likeness (QED) is 0.844. The molecule has 3 N–H and O–H groups in total. The number of hydrogen-bond donors (Lipinski definition) is 2. The van der Waals surface area contributed by atoms with Gasteiger partial charge in [-0.2, -0.15) is 0 Å². The van der Waals surface area contributed by atoms with E-state index in [4.69, 9.17) is 41.2 Å². The van der Waals surface area contributed by atoms with Crippen LogP contribution in [0, 0.1) is 0 Å². The first-order valence-electron chi connectivity index (χ1n) is 5.11. The number of nitrogens with one attached hydrogen (secondary N) is 1. The van der Waals surface area contributed by atoms with E-state index in [1.807, 2.05) is 0 Å². The summed E-state index contributed by atoms with van der Waals surface area (Å²) in [7, 11) is 1.59. The zero-order valence-corrected chi connectivity index (χ0v) is 12.2. The molecular formula is C11H13Cl2N3OS. The second-order valence-corrected chi connectivity index (χ2v) is 5.06. The molecule has 98 valence electrons. The predicted octanol–water partition coefficient (Wildman–Crippen LogP) is 3.13. The number of carbonyl (C=O) groups excluding carboxylic acids is 1. The number of nitrogens with zero attached hydrogens (tertiary/aromatic N) is 1. The highest BCUT2D eigenvalue weighted by Crippen LogP contribution is 2.25. The zero-order chi connectivity index (χ0) is 13.9. The van der Waals surface area contributed by atoms with Crippen LogP contribution in [0.4, 0.5) is 10.5 Å². The largest absolute Gasteiger partial charge is 0.392 e. The second kappa shape index (κ2) is 6.22. The van der Waals surface area contributed by atoms with E-state index in [1.54, 1.807) is 32.2 Å². The molecule has 4 nitrogen and oxygen atoms in total. The van der Waals surface area contributed by atoms with Crippen molar-refractivity contribution in [1.29, 1.82) is 0 Å². The van der Waals surface area contributed by atoms with Crippen molar-refractivity contribution in [2.45, 2.75) is 13.0 Å². The van der Waals surface area contributed by atoms with Crippen molar-refractivity contribution in [2.75, 3.05) is 12.4 Å². The number of carbonyl (C=O) groups is 1. The number of thiocarbonyl (C=S) groups is 1. The van der Waals surface area contributed by atoms with Crippen LogP contribution in [0.15, 0.2) is 18.2 Å². The maximum Gasteiger partial charge on any atom is 0.322 e. The summed E-state index contributed by atoms with van der Waals surface area (Å²) in [4.78, 5) is 13.5. The molecule has 0 radical (unpaired) electrons. The lowest BCUT2D eigenvalue weighted by Crippen LogP contribution is -2.44. The Morgan fingerprint density at radius 3 is 2.67 bits per heavy atom. The predicted molar refractivity (Wildman–Crippen MR) is 79.5 cm³/mol. The molecule has 1 atom stereocenters. The monoisotopic (exact) mass is 305 g/mol. The fourth-order valence-electron chi connectivity index (χ4n) is 1.16. The molecule has 0 aliphatic carbocycles. The van der Waals surface area contributed by atoms with E-state index in [-0.39, 0.29) is 17.1 Å². The van der Waals surface area contributed by atoms with Crippen molar-refractivity contribution in [2.24, 2.45) is 5.73 Å². The Hall–Kier alpha value is -1.04. The van der Waals surface area contributed by atoms with Gasteiger partial charge in [-0.1, -0.05) is 35.4 Å². The van der Waals surface area contributed by atoms with E-state index in [9.17, 15) is 4.79 Å². The Labute approximate surface area is 121 Å². The molecule has 0 aromatic heterocycles. The van der Waals surface area contributed by atoms with Crippen LogP contribution in [0.25, 0.3) is 0 Å². The molecule has 0 heterocycles. The number of urea groups is 1. The SMILES string of the molecule is CC(C(N)=S)N(C)C(=O)Nc1cc(Cl)ccc1Cl. The van der Waals surface area contributed by atoms with Gasteiger partial charge in [-0.25, -0.2) is 4.79 Å². The van der Waals surface area contributed by atoms with E-state index in [0.717, 1.165) is 0 Å². The van der Waals surface area contributed by atoms with Gasteiger partial charge in [0.25, 0.3) is 0 Å². The lowest BCUT2D eigenvalue weighted by molar-refractivity contribution is 0.218. The number of anilines is 1. The van der Waals surface area contributed by atoms with Crippen molar-refractivity contribution in [3.05, 3.63) is 28.2 Å². The average Bonchev–Trinajstić information content (AvgIpc) is 2.31. The van der Waals surface area contributed by atoms with Crippen molar-refractivity contribution in [1.82, 2.24) is 4.90 Å². The number of rotatable bonds is 3. The Morgan fingerprint density at radius 2 is 2.11 bits per heavy atom. The summed E-state index contributed by atoms with van der Waals surface area (Å²) >= 11 is 16.6. The first-order chi connectivity index (χ1) is 8.32. The number of nitrogens with two attached hydrogens (primary N) is 1. The Balaban J connectivity index is 2.81. The molecule has 1 aromatic carbocycles. The molecule has 7 heteroatoms. The summed E-state index contributed by atoms with van der Waals surface area (Å²) in [5.74, 6) is 0.